The normalized spacial score (nSPS) is 18.9. The lowest BCUT2D eigenvalue weighted by molar-refractivity contribution is 0.320. The Bertz CT molecular complexity index is 911. The van der Waals surface area contributed by atoms with Crippen molar-refractivity contribution >= 4 is 34.4 Å². The first kappa shape index (κ1) is 18.9. The van der Waals surface area contributed by atoms with Crippen LogP contribution in [0.1, 0.15) is 34.6 Å². The number of hydrogen-bond donors (Lipinski definition) is 2. The minimum Gasteiger partial charge on any atom is -0.385 e. The molecule has 0 spiro atoms. The van der Waals surface area contributed by atoms with Crippen LogP contribution >= 0.6 is 23.6 Å². The number of hydrogen-bond acceptors (Lipinski definition) is 4. The third-order valence-corrected chi connectivity index (χ3v) is 6.49. The van der Waals surface area contributed by atoms with Crippen LogP contribution in [0, 0.1) is 6.92 Å². The van der Waals surface area contributed by atoms with Crippen molar-refractivity contribution in [1.82, 2.24) is 15.2 Å². The summed E-state index contributed by atoms with van der Waals surface area (Å²) in [6.07, 6.45) is 2.86. The first-order valence-electron chi connectivity index (χ1n) is 9.55. The summed E-state index contributed by atoms with van der Waals surface area (Å²) in [6.45, 7) is 3.99. The van der Waals surface area contributed by atoms with E-state index in [0.29, 0.717) is 0 Å². The second-order valence-electron chi connectivity index (χ2n) is 6.93. The smallest absolute Gasteiger partial charge is 0.170 e. The third kappa shape index (κ3) is 4.03. The fourth-order valence-electron chi connectivity index (χ4n) is 3.66. The lowest BCUT2D eigenvalue weighted by Gasteiger charge is -2.27. The molecular formula is C22H24N4S2. The summed E-state index contributed by atoms with van der Waals surface area (Å²) in [4.78, 5) is 8.29. The maximum Gasteiger partial charge on any atom is 0.170 e. The zero-order chi connectivity index (χ0) is 19.3. The summed E-state index contributed by atoms with van der Waals surface area (Å²) < 4.78 is 0. The number of aryl methyl sites for hydroxylation is 1. The van der Waals surface area contributed by atoms with Gasteiger partial charge in [-0.1, -0.05) is 24.3 Å². The van der Waals surface area contributed by atoms with Gasteiger partial charge in [0.1, 0.15) is 0 Å². The van der Waals surface area contributed by atoms with E-state index in [-0.39, 0.29) is 12.1 Å². The molecule has 0 aliphatic carbocycles. The number of aromatic nitrogens is 1. The van der Waals surface area contributed by atoms with Gasteiger partial charge in [0.25, 0.3) is 0 Å². The van der Waals surface area contributed by atoms with Gasteiger partial charge < -0.3 is 15.5 Å². The molecule has 3 aromatic rings. The van der Waals surface area contributed by atoms with Gasteiger partial charge in [-0.05, 0) is 66.8 Å². The minimum atomic E-state index is 0.0770. The van der Waals surface area contributed by atoms with Crippen molar-refractivity contribution in [1.29, 1.82) is 0 Å². The molecule has 2 aromatic heterocycles. The highest BCUT2D eigenvalue weighted by molar-refractivity contribution is 7.80. The zero-order valence-corrected chi connectivity index (χ0v) is 17.5. The molecule has 2 N–H and O–H groups in total. The molecule has 144 valence electrons. The molecule has 1 aromatic carbocycles. The standard InChI is InChI=1S/C22H24N4S2/c1-16-11-15-28-21(16)20-19(18-10-5-6-12-24-18)25-22(27)26(20)14-7-13-23-17-8-3-2-4-9-17/h2-6,8-12,15,19-20,23H,7,13-14H2,1H3,(H,25,27)/t19-,20-/m0/s1. The topological polar surface area (TPSA) is 40.2 Å². The highest BCUT2D eigenvalue weighted by Gasteiger charge is 2.40. The zero-order valence-electron chi connectivity index (χ0n) is 15.8. The Morgan fingerprint density at radius 3 is 2.68 bits per heavy atom. The molecular weight excluding hydrogens is 384 g/mol. The summed E-state index contributed by atoms with van der Waals surface area (Å²) in [5.74, 6) is 0. The summed E-state index contributed by atoms with van der Waals surface area (Å²) in [5.41, 5.74) is 3.50. The summed E-state index contributed by atoms with van der Waals surface area (Å²) in [5, 5.41) is 9.99. The number of para-hydroxylation sites is 1. The van der Waals surface area contributed by atoms with Crippen molar-refractivity contribution in [3.63, 3.8) is 0 Å². The van der Waals surface area contributed by atoms with E-state index in [0.717, 1.165) is 36.0 Å². The molecule has 2 atom stereocenters. The Morgan fingerprint density at radius 1 is 1.14 bits per heavy atom. The molecule has 6 heteroatoms. The molecule has 4 nitrogen and oxygen atoms in total. The molecule has 0 amide bonds. The second kappa shape index (κ2) is 8.71. The van der Waals surface area contributed by atoms with Gasteiger partial charge >= 0.3 is 0 Å². The molecule has 0 bridgehead atoms. The maximum absolute atomic E-state index is 5.73. The number of pyridine rings is 1. The van der Waals surface area contributed by atoms with Crippen molar-refractivity contribution in [2.45, 2.75) is 25.4 Å². The van der Waals surface area contributed by atoms with Gasteiger partial charge in [0.15, 0.2) is 5.11 Å². The predicted molar refractivity (Wildman–Crippen MR) is 121 cm³/mol. The average molecular weight is 409 g/mol. The number of benzene rings is 1. The first-order chi connectivity index (χ1) is 13.7. The fraction of sp³-hybridized carbons (Fsp3) is 0.273. The summed E-state index contributed by atoms with van der Waals surface area (Å²) in [7, 11) is 0. The van der Waals surface area contributed by atoms with Crippen LogP contribution in [0.2, 0.25) is 0 Å². The van der Waals surface area contributed by atoms with Crippen molar-refractivity contribution < 1.29 is 0 Å². The Hall–Kier alpha value is -2.44. The number of nitrogens with zero attached hydrogens (tertiary/aromatic N) is 2. The van der Waals surface area contributed by atoms with Crippen LogP contribution in [0.5, 0.6) is 0 Å². The quantitative estimate of drug-likeness (QED) is 0.429. The van der Waals surface area contributed by atoms with E-state index in [9.17, 15) is 0 Å². The van der Waals surface area contributed by atoms with Gasteiger partial charge in [0.05, 0.1) is 17.8 Å². The lowest BCUT2D eigenvalue weighted by Crippen LogP contribution is -2.31. The van der Waals surface area contributed by atoms with E-state index in [1.54, 1.807) is 11.3 Å². The van der Waals surface area contributed by atoms with Gasteiger partial charge in [0.2, 0.25) is 0 Å². The number of thiophene rings is 1. The van der Waals surface area contributed by atoms with Crippen LogP contribution in [0.25, 0.3) is 0 Å². The molecule has 1 fully saturated rings. The van der Waals surface area contributed by atoms with Crippen LogP contribution in [-0.4, -0.2) is 28.1 Å². The van der Waals surface area contributed by atoms with E-state index in [2.05, 4.69) is 69.2 Å². The van der Waals surface area contributed by atoms with Crippen molar-refractivity contribution in [3.05, 3.63) is 82.3 Å². The Kier molecular flexibility index (Phi) is 5.88. The highest BCUT2D eigenvalue weighted by atomic mass is 32.1. The Labute approximate surface area is 175 Å². The average Bonchev–Trinajstić information content (AvgIpc) is 3.29. The van der Waals surface area contributed by atoms with Crippen LogP contribution < -0.4 is 10.6 Å². The van der Waals surface area contributed by atoms with Gasteiger partial charge in [-0.25, -0.2) is 0 Å². The SMILES string of the molecule is Cc1ccsc1[C@@H]1[C@H](c2ccccn2)NC(=S)N1CCCNc1ccccc1. The second-order valence-corrected chi connectivity index (χ2v) is 8.27. The summed E-state index contributed by atoms with van der Waals surface area (Å²) >= 11 is 7.53. The molecule has 0 saturated carbocycles. The molecule has 3 heterocycles. The fourth-order valence-corrected chi connectivity index (χ4v) is 5.06. The Morgan fingerprint density at radius 2 is 1.96 bits per heavy atom. The number of nitrogens with one attached hydrogen (secondary N) is 2. The molecule has 4 rings (SSSR count). The molecule has 1 aliphatic heterocycles. The van der Waals surface area contributed by atoms with Crippen LogP contribution in [-0.2, 0) is 0 Å². The highest BCUT2D eigenvalue weighted by Crippen LogP contribution is 2.41. The number of anilines is 1. The van der Waals surface area contributed by atoms with E-state index < -0.39 is 0 Å². The molecule has 0 radical (unpaired) electrons. The largest absolute Gasteiger partial charge is 0.385 e. The lowest BCUT2D eigenvalue weighted by atomic mass is 10.0. The van der Waals surface area contributed by atoms with Crippen molar-refractivity contribution in [2.75, 3.05) is 18.4 Å². The maximum atomic E-state index is 5.73. The van der Waals surface area contributed by atoms with Crippen molar-refractivity contribution in [3.8, 4) is 0 Å². The van der Waals surface area contributed by atoms with Gasteiger partial charge in [-0.2, -0.15) is 0 Å². The van der Waals surface area contributed by atoms with Crippen LogP contribution in [0.15, 0.2) is 66.2 Å². The molecule has 28 heavy (non-hydrogen) atoms. The minimum absolute atomic E-state index is 0.0770. The number of rotatable bonds is 7. The third-order valence-electron chi connectivity index (χ3n) is 5.05. The molecule has 0 unspecified atom stereocenters. The summed E-state index contributed by atoms with van der Waals surface area (Å²) in [6, 6.07) is 18.8. The first-order valence-corrected chi connectivity index (χ1v) is 10.8. The van der Waals surface area contributed by atoms with E-state index in [1.807, 2.05) is 24.4 Å². The van der Waals surface area contributed by atoms with Crippen molar-refractivity contribution in [2.24, 2.45) is 0 Å². The molecule has 1 aliphatic rings. The monoisotopic (exact) mass is 408 g/mol. The van der Waals surface area contributed by atoms with E-state index in [4.69, 9.17) is 12.2 Å². The van der Waals surface area contributed by atoms with Crippen LogP contribution in [0.3, 0.4) is 0 Å². The Balaban J connectivity index is 1.50. The van der Waals surface area contributed by atoms with Gasteiger partial charge in [0, 0.05) is 29.9 Å². The van der Waals surface area contributed by atoms with Gasteiger partial charge in [-0.3, -0.25) is 4.98 Å². The van der Waals surface area contributed by atoms with E-state index in [1.165, 1.54) is 10.4 Å². The van der Waals surface area contributed by atoms with E-state index >= 15 is 0 Å². The van der Waals surface area contributed by atoms with Gasteiger partial charge in [-0.15, -0.1) is 11.3 Å². The van der Waals surface area contributed by atoms with Crippen LogP contribution in [0.4, 0.5) is 5.69 Å². The number of thiocarbonyl (C=S) groups is 1. The predicted octanol–water partition coefficient (Wildman–Crippen LogP) is 4.93. The molecule has 1 saturated heterocycles.